The van der Waals surface area contributed by atoms with Crippen LogP contribution in [0.3, 0.4) is 0 Å². The standard InChI is InChI=1S/C19H24N2O2S/c1-4-21(13(2)3)10-9-20-19(22)17-11-14-12-23-16-8-6-5-7-15(16)18(14)24-17/h5-8,11,13H,4,9-10,12H2,1-3H3,(H,20,22). The largest absolute Gasteiger partial charge is 0.488 e. The molecule has 1 aliphatic heterocycles. The number of rotatable bonds is 6. The van der Waals surface area contributed by atoms with Gasteiger partial charge in [0, 0.05) is 35.1 Å². The van der Waals surface area contributed by atoms with Crippen molar-refractivity contribution in [3.8, 4) is 16.2 Å². The molecule has 0 spiro atoms. The van der Waals surface area contributed by atoms with Gasteiger partial charge in [-0.3, -0.25) is 9.69 Å². The fourth-order valence-electron chi connectivity index (χ4n) is 2.99. The number of ether oxygens (including phenoxy) is 1. The maximum absolute atomic E-state index is 12.5. The van der Waals surface area contributed by atoms with Gasteiger partial charge in [0.2, 0.25) is 0 Å². The quantitative estimate of drug-likeness (QED) is 0.867. The molecule has 2 heterocycles. The zero-order valence-electron chi connectivity index (χ0n) is 14.5. The summed E-state index contributed by atoms with van der Waals surface area (Å²) >= 11 is 1.55. The molecule has 0 saturated heterocycles. The van der Waals surface area contributed by atoms with Crippen LogP contribution in [-0.2, 0) is 6.61 Å². The number of likely N-dealkylation sites (N-methyl/N-ethyl adjacent to an activating group) is 1. The average molecular weight is 344 g/mol. The first-order valence-electron chi connectivity index (χ1n) is 8.47. The first kappa shape index (κ1) is 17.0. The van der Waals surface area contributed by atoms with E-state index in [1.165, 1.54) is 0 Å². The molecule has 0 radical (unpaired) electrons. The zero-order valence-corrected chi connectivity index (χ0v) is 15.3. The van der Waals surface area contributed by atoms with Crippen molar-refractivity contribution in [1.82, 2.24) is 10.2 Å². The van der Waals surface area contributed by atoms with E-state index >= 15 is 0 Å². The van der Waals surface area contributed by atoms with E-state index in [2.05, 4.69) is 31.0 Å². The van der Waals surface area contributed by atoms with Gasteiger partial charge in [0.25, 0.3) is 5.91 Å². The number of carbonyl (C=O) groups excluding carboxylic acids is 1. The van der Waals surface area contributed by atoms with Crippen LogP contribution < -0.4 is 10.1 Å². The van der Waals surface area contributed by atoms with Crippen LogP contribution in [0.5, 0.6) is 5.75 Å². The van der Waals surface area contributed by atoms with Gasteiger partial charge < -0.3 is 10.1 Å². The fraction of sp³-hybridized carbons (Fsp3) is 0.421. The maximum Gasteiger partial charge on any atom is 0.261 e. The van der Waals surface area contributed by atoms with E-state index in [0.717, 1.165) is 39.7 Å². The Balaban J connectivity index is 1.67. The molecule has 0 fully saturated rings. The molecule has 24 heavy (non-hydrogen) atoms. The zero-order chi connectivity index (χ0) is 17.1. The molecular weight excluding hydrogens is 320 g/mol. The van der Waals surface area contributed by atoms with Crippen molar-refractivity contribution in [1.29, 1.82) is 0 Å². The summed E-state index contributed by atoms with van der Waals surface area (Å²) in [4.78, 5) is 16.7. The highest BCUT2D eigenvalue weighted by Crippen LogP contribution is 2.42. The molecule has 1 aromatic carbocycles. The maximum atomic E-state index is 12.5. The van der Waals surface area contributed by atoms with Crippen molar-refractivity contribution in [2.45, 2.75) is 33.4 Å². The molecule has 1 N–H and O–H groups in total. The Kier molecular flexibility index (Phi) is 5.21. The molecule has 5 heteroatoms. The van der Waals surface area contributed by atoms with Crippen molar-refractivity contribution in [3.63, 3.8) is 0 Å². The summed E-state index contributed by atoms with van der Waals surface area (Å²) in [5.41, 5.74) is 2.18. The minimum absolute atomic E-state index is 0.00619. The molecule has 0 saturated carbocycles. The number of hydrogen-bond acceptors (Lipinski definition) is 4. The average Bonchev–Trinajstić information content (AvgIpc) is 3.03. The molecule has 128 valence electrons. The van der Waals surface area contributed by atoms with E-state index in [0.29, 0.717) is 19.2 Å². The second-order valence-corrected chi connectivity index (χ2v) is 7.28. The number of amides is 1. The SMILES string of the molecule is CCN(CCNC(=O)c1cc2c(s1)-c1ccccc1OC2)C(C)C. The van der Waals surface area contributed by atoms with Gasteiger partial charge in [-0.2, -0.15) is 0 Å². The van der Waals surface area contributed by atoms with Crippen LogP contribution in [0.1, 0.15) is 36.0 Å². The molecule has 1 amide bonds. The van der Waals surface area contributed by atoms with Crippen LogP contribution in [0.15, 0.2) is 30.3 Å². The third-order valence-electron chi connectivity index (χ3n) is 4.37. The highest BCUT2D eigenvalue weighted by Gasteiger charge is 2.22. The Bertz CT molecular complexity index is 724. The van der Waals surface area contributed by atoms with Crippen LogP contribution in [0.4, 0.5) is 0 Å². The molecule has 4 nitrogen and oxygen atoms in total. The van der Waals surface area contributed by atoms with Crippen molar-refractivity contribution in [2.75, 3.05) is 19.6 Å². The molecule has 2 aromatic rings. The summed E-state index contributed by atoms with van der Waals surface area (Å²) in [5, 5.41) is 3.04. The molecule has 1 aromatic heterocycles. The van der Waals surface area contributed by atoms with Crippen LogP contribution in [-0.4, -0.2) is 36.5 Å². The number of nitrogens with zero attached hydrogens (tertiary/aromatic N) is 1. The lowest BCUT2D eigenvalue weighted by molar-refractivity contribution is 0.0950. The van der Waals surface area contributed by atoms with Crippen molar-refractivity contribution < 1.29 is 9.53 Å². The normalized spacial score (nSPS) is 12.7. The third kappa shape index (κ3) is 3.47. The van der Waals surface area contributed by atoms with Gasteiger partial charge in [-0.15, -0.1) is 11.3 Å². The molecule has 1 aliphatic rings. The highest BCUT2D eigenvalue weighted by atomic mass is 32.1. The van der Waals surface area contributed by atoms with E-state index < -0.39 is 0 Å². The third-order valence-corrected chi connectivity index (χ3v) is 5.58. The van der Waals surface area contributed by atoms with Gasteiger partial charge in [-0.1, -0.05) is 19.1 Å². The minimum atomic E-state index is 0.00619. The molecule has 0 bridgehead atoms. The van der Waals surface area contributed by atoms with Gasteiger partial charge in [0.05, 0.1) is 4.88 Å². The summed E-state index contributed by atoms with van der Waals surface area (Å²) < 4.78 is 5.76. The lowest BCUT2D eigenvalue weighted by Crippen LogP contribution is -2.38. The topological polar surface area (TPSA) is 41.6 Å². The summed E-state index contributed by atoms with van der Waals surface area (Å²) in [6, 6.07) is 10.5. The van der Waals surface area contributed by atoms with E-state index in [9.17, 15) is 4.79 Å². The lowest BCUT2D eigenvalue weighted by atomic mass is 10.1. The Morgan fingerprint density at radius 2 is 2.17 bits per heavy atom. The van der Waals surface area contributed by atoms with Gasteiger partial charge in [0.15, 0.2) is 0 Å². The molecule has 0 unspecified atom stereocenters. The van der Waals surface area contributed by atoms with Crippen LogP contribution >= 0.6 is 11.3 Å². The Hall–Kier alpha value is -1.85. The van der Waals surface area contributed by atoms with E-state index in [-0.39, 0.29) is 5.91 Å². The number of benzene rings is 1. The summed E-state index contributed by atoms with van der Waals surface area (Å²) in [5.74, 6) is 0.904. The summed E-state index contributed by atoms with van der Waals surface area (Å²) in [6.07, 6.45) is 0. The number of thiophene rings is 1. The minimum Gasteiger partial charge on any atom is -0.488 e. The monoisotopic (exact) mass is 344 g/mol. The lowest BCUT2D eigenvalue weighted by Gasteiger charge is -2.24. The van der Waals surface area contributed by atoms with Gasteiger partial charge in [-0.05, 0) is 38.6 Å². The van der Waals surface area contributed by atoms with Crippen molar-refractivity contribution in [2.24, 2.45) is 0 Å². The number of para-hydroxylation sites is 1. The van der Waals surface area contributed by atoms with E-state index in [4.69, 9.17) is 4.74 Å². The molecular formula is C19H24N2O2S. The first-order valence-corrected chi connectivity index (χ1v) is 9.29. The second-order valence-electron chi connectivity index (χ2n) is 6.23. The predicted octanol–water partition coefficient (Wildman–Crippen LogP) is 3.77. The molecule has 0 aliphatic carbocycles. The van der Waals surface area contributed by atoms with Crippen molar-refractivity contribution in [3.05, 3.63) is 40.8 Å². The summed E-state index contributed by atoms with van der Waals surface area (Å²) in [6.45, 7) is 9.57. The number of carbonyl (C=O) groups is 1. The predicted molar refractivity (Wildman–Crippen MR) is 98.8 cm³/mol. The van der Waals surface area contributed by atoms with Crippen molar-refractivity contribution >= 4 is 17.2 Å². The Morgan fingerprint density at radius 3 is 2.92 bits per heavy atom. The second kappa shape index (κ2) is 7.36. The Labute approximate surface area is 147 Å². The van der Waals surface area contributed by atoms with Crippen LogP contribution in [0, 0.1) is 0 Å². The fourth-order valence-corrected chi connectivity index (χ4v) is 4.11. The molecule has 0 atom stereocenters. The number of nitrogens with one attached hydrogen (secondary N) is 1. The van der Waals surface area contributed by atoms with Crippen LogP contribution in [0.25, 0.3) is 10.4 Å². The van der Waals surface area contributed by atoms with E-state index in [1.807, 2.05) is 30.3 Å². The highest BCUT2D eigenvalue weighted by molar-refractivity contribution is 7.17. The number of hydrogen-bond donors (Lipinski definition) is 1. The summed E-state index contributed by atoms with van der Waals surface area (Å²) in [7, 11) is 0. The molecule has 3 rings (SSSR count). The first-order chi connectivity index (χ1) is 11.6. The van der Waals surface area contributed by atoms with Crippen LogP contribution in [0.2, 0.25) is 0 Å². The van der Waals surface area contributed by atoms with E-state index in [1.54, 1.807) is 11.3 Å². The van der Waals surface area contributed by atoms with Gasteiger partial charge in [-0.25, -0.2) is 0 Å². The number of fused-ring (bicyclic) bond motifs is 3. The Morgan fingerprint density at radius 1 is 1.38 bits per heavy atom. The van der Waals surface area contributed by atoms with Gasteiger partial charge >= 0.3 is 0 Å². The smallest absolute Gasteiger partial charge is 0.261 e. The van der Waals surface area contributed by atoms with Gasteiger partial charge in [0.1, 0.15) is 12.4 Å².